The van der Waals surface area contributed by atoms with Crippen LogP contribution >= 0.6 is 0 Å². The normalized spacial score (nSPS) is 26.1. The van der Waals surface area contributed by atoms with E-state index in [4.69, 9.17) is 0 Å². The fourth-order valence-electron chi connectivity index (χ4n) is 1.25. The highest BCUT2D eigenvalue weighted by molar-refractivity contribution is 5.77. The van der Waals surface area contributed by atoms with Gasteiger partial charge in [0.1, 0.15) is 0 Å². The fourth-order valence-corrected chi connectivity index (χ4v) is 1.25. The van der Waals surface area contributed by atoms with Crippen LogP contribution in [0.3, 0.4) is 0 Å². The number of piperidine rings is 1. The fraction of sp³-hybridized carbons (Fsp3) is 0.857. The molecule has 1 unspecified atom stereocenters. The third kappa shape index (κ3) is 1.99. The highest BCUT2D eigenvalue weighted by Gasteiger charge is 2.16. The molecule has 1 aliphatic rings. The van der Waals surface area contributed by atoms with E-state index in [1.54, 1.807) is 0 Å². The molecule has 1 amide bonds. The Balaban J connectivity index is 2.25. The van der Waals surface area contributed by atoms with Crippen molar-refractivity contribution in [2.24, 2.45) is 0 Å². The molecule has 58 valence electrons. The lowest BCUT2D eigenvalue weighted by Crippen LogP contribution is -2.43. The Bertz CT molecular complexity index is 123. The molecule has 0 aromatic heterocycles. The minimum atomic E-state index is 0.178. The van der Waals surface area contributed by atoms with Crippen LogP contribution in [0.1, 0.15) is 19.8 Å². The average Bonchev–Trinajstić information content (AvgIpc) is 1.88. The molecule has 1 saturated heterocycles. The van der Waals surface area contributed by atoms with Crippen LogP contribution in [0.25, 0.3) is 0 Å². The van der Waals surface area contributed by atoms with Crippen molar-refractivity contribution in [3.05, 3.63) is 0 Å². The monoisotopic (exact) mass is 142 g/mol. The summed E-state index contributed by atoms with van der Waals surface area (Å²) < 4.78 is 0. The third-order valence-electron chi connectivity index (χ3n) is 1.74. The van der Waals surface area contributed by atoms with Crippen molar-refractivity contribution in [1.82, 2.24) is 10.6 Å². The molecule has 1 heterocycles. The molecule has 0 saturated carbocycles. The summed E-state index contributed by atoms with van der Waals surface area (Å²) in [6.07, 6.45) is 1.72. The van der Waals surface area contributed by atoms with Gasteiger partial charge in [0.2, 0.25) is 5.91 Å². The lowest BCUT2D eigenvalue weighted by Gasteiger charge is -2.22. The van der Waals surface area contributed by atoms with E-state index in [1.807, 2.05) is 0 Å². The van der Waals surface area contributed by atoms with Crippen molar-refractivity contribution >= 4 is 5.91 Å². The van der Waals surface area contributed by atoms with Crippen molar-refractivity contribution < 1.29 is 4.79 Å². The Kier molecular flexibility index (Phi) is 2.68. The Hall–Kier alpha value is -0.570. The zero-order chi connectivity index (χ0) is 7.40. The maximum absolute atomic E-state index is 10.8. The predicted molar refractivity (Wildman–Crippen MR) is 39.7 cm³/mol. The molecule has 0 spiro atoms. The molecule has 1 fully saturated rings. The van der Waals surface area contributed by atoms with Crippen molar-refractivity contribution in [3.63, 3.8) is 0 Å². The van der Waals surface area contributed by atoms with E-state index in [0.29, 0.717) is 12.5 Å². The van der Waals surface area contributed by atoms with Gasteiger partial charge in [0, 0.05) is 19.0 Å². The molecular formula is C7H14N2O. The largest absolute Gasteiger partial charge is 0.356 e. The lowest BCUT2D eigenvalue weighted by molar-refractivity contribution is -0.122. The summed E-state index contributed by atoms with van der Waals surface area (Å²) in [6, 6.07) is 0.416. The van der Waals surface area contributed by atoms with Crippen LogP contribution in [0.15, 0.2) is 0 Å². The van der Waals surface area contributed by atoms with E-state index < -0.39 is 0 Å². The van der Waals surface area contributed by atoms with E-state index in [-0.39, 0.29) is 5.91 Å². The standard InChI is InChI=1S/C7H14N2O/c1-2-8-6-3-4-9-7(10)5-6/h6,8H,2-5H2,1H3,(H,9,10). The van der Waals surface area contributed by atoms with Crippen LogP contribution in [0.2, 0.25) is 0 Å². The van der Waals surface area contributed by atoms with Gasteiger partial charge in [0.25, 0.3) is 0 Å². The molecular weight excluding hydrogens is 128 g/mol. The van der Waals surface area contributed by atoms with Gasteiger partial charge in [-0.1, -0.05) is 6.92 Å². The molecule has 0 radical (unpaired) electrons. The number of carbonyl (C=O) groups is 1. The van der Waals surface area contributed by atoms with Gasteiger partial charge >= 0.3 is 0 Å². The minimum absolute atomic E-state index is 0.178. The highest BCUT2D eigenvalue weighted by Crippen LogP contribution is 2.01. The lowest BCUT2D eigenvalue weighted by atomic mass is 10.1. The van der Waals surface area contributed by atoms with Gasteiger partial charge in [-0.05, 0) is 13.0 Å². The molecule has 0 aliphatic carbocycles. The molecule has 3 heteroatoms. The summed E-state index contributed by atoms with van der Waals surface area (Å²) in [5.41, 5.74) is 0. The summed E-state index contributed by atoms with van der Waals surface area (Å²) in [7, 11) is 0. The zero-order valence-corrected chi connectivity index (χ0v) is 6.31. The van der Waals surface area contributed by atoms with E-state index in [0.717, 1.165) is 19.5 Å². The first-order valence-electron chi connectivity index (χ1n) is 3.83. The molecule has 0 aromatic rings. The Labute approximate surface area is 61.2 Å². The summed E-state index contributed by atoms with van der Waals surface area (Å²) in [5.74, 6) is 0.178. The second-order valence-corrected chi connectivity index (χ2v) is 2.60. The molecule has 2 N–H and O–H groups in total. The Morgan fingerprint density at radius 3 is 3.20 bits per heavy atom. The number of carbonyl (C=O) groups excluding carboxylic acids is 1. The number of hydrogen-bond acceptors (Lipinski definition) is 2. The first-order valence-corrected chi connectivity index (χ1v) is 3.83. The van der Waals surface area contributed by atoms with Crippen LogP contribution in [0.4, 0.5) is 0 Å². The third-order valence-corrected chi connectivity index (χ3v) is 1.74. The van der Waals surface area contributed by atoms with E-state index in [1.165, 1.54) is 0 Å². The molecule has 1 aliphatic heterocycles. The smallest absolute Gasteiger partial charge is 0.221 e. The van der Waals surface area contributed by atoms with Gasteiger partial charge in [0.15, 0.2) is 0 Å². The van der Waals surface area contributed by atoms with Crippen molar-refractivity contribution in [2.45, 2.75) is 25.8 Å². The van der Waals surface area contributed by atoms with Crippen LogP contribution < -0.4 is 10.6 Å². The second-order valence-electron chi connectivity index (χ2n) is 2.60. The number of rotatable bonds is 2. The quantitative estimate of drug-likeness (QED) is 0.564. The number of hydrogen-bond donors (Lipinski definition) is 2. The molecule has 3 nitrogen and oxygen atoms in total. The number of nitrogens with one attached hydrogen (secondary N) is 2. The minimum Gasteiger partial charge on any atom is -0.356 e. The highest BCUT2D eigenvalue weighted by atomic mass is 16.1. The maximum atomic E-state index is 10.8. The second kappa shape index (κ2) is 3.56. The van der Waals surface area contributed by atoms with Gasteiger partial charge in [-0.15, -0.1) is 0 Å². The van der Waals surface area contributed by atoms with Gasteiger partial charge in [-0.3, -0.25) is 4.79 Å². The van der Waals surface area contributed by atoms with E-state index in [9.17, 15) is 4.79 Å². The zero-order valence-electron chi connectivity index (χ0n) is 6.31. The van der Waals surface area contributed by atoms with Crippen molar-refractivity contribution in [1.29, 1.82) is 0 Å². The first kappa shape index (κ1) is 7.54. The number of amides is 1. The SMILES string of the molecule is CCNC1CCNC(=O)C1. The van der Waals surface area contributed by atoms with Crippen LogP contribution in [-0.4, -0.2) is 25.0 Å². The molecule has 10 heavy (non-hydrogen) atoms. The summed E-state index contributed by atoms with van der Waals surface area (Å²) in [4.78, 5) is 10.8. The van der Waals surface area contributed by atoms with Crippen molar-refractivity contribution in [3.8, 4) is 0 Å². The van der Waals surface area contributed by atoms with Crippen molar-refractivity contribution in [2.75, 3.05) is 13.1 Å². The van der Waals surface area contributed by atoms with Crippen LogP contribution in [0, 0.1) is 0 Å². The van der Waals surface area contributed by atoms with Gasteiger partial charge in [-0.25, -0.2) is 0 Å². The first-order chi connectivity index (χ1) is 4.83. The molecule has 1 atom stereocenters. The van der Waals surface area contributed by atoms with Crippen LogP contribution in [0.5, 0.6) is 0 Å². The van der Waals surface area contributed by atoms with E-state index in [2.05, 4.69) is 17.6 Å². The molecule has 0 bridgehead atoms. The van der Waals surface area contributed by atoms with Gasteiger partial charge < -0.3 is 10.6 Å². The average molecular weight is 142 g/mol. The van der Waals surface area contributed by atoms with Gasteiger partial charge in [0.05, 0.1) is 0 Å². The predicted octanol–water partition coefficient (Wildman–Crippen LogP) is -0.126. The molecule has 0 aromatic carbocycles. The Morgan fingerprint density at radius 2 is 2.60 bits per heavy atom. The van der Waals surface area contributed by atoms with E-state index >= 15 is 0 Å². The topological polar surface area (TPSA) is 41.1 Å². The summed E-state index contributed by atoms with van der Waals surface area (Å²) in [6.45, 7) is 3.85. The van der Waals surface area contributed by atoms with Crippen LogP contribution in [-0.2, 0) is 4.79 Å². The molecule has 1 rings (SSSR count). The Morgan fingerprint density at radius 1 is 1.80 bits per heavy atom. The summed E-state index contributed by atoms with van der Waals surface area (Å²) >= 11 is 0. The maximum Gasteiger partial charge on any atom is 0.221 e. The van der Waals surface area contributed by atoms with Gasteiger partial charge in [-0.2, -0.15) is 0 Å². The summed E-state index contributed by atoms with van der Waals surface area (Å²) in [5, 5.41) is 6.05.